The molecule has 88 valence electrons. The summed E-state index contributed by atoms with van der Waals surface area (Å²) in [6.45, 7) is 0. The molecule has 4 heteroatoms. The third-order valence-electron chi connectivity index (χ3n) is 3.81. The van der Waals surface area contributed by atoms with Crippen LogP contribution >= 0.6 is 0 Å². The SMILES string of the molecule is c1ccc(C2(c3nn[nH]n3)CCCCC2)cc1. The van der Waals surface area contributed by atoms with Crippen molar-refractivity contribution in [1.29, 1.82) is 0 Å². The minimum Gasteiger partial charge on any atom is -0.177 e. The standard InChI is InChI=1S/C13H16N4/c1-3-7-11(8-4-1)13(9-5-2-6-10-13)12-14-16-17-15-12/h1,3-4,7-8H,2,5-6,9-10H2,(H,14,15,16,17). The summed E-state index contributed by atoms with van der Waals surface area (Å²) >= 11 is 0. The van der Waals surface area contributed by atoms with Crippen molar-refractivity contribution in [3.8, 4) is 0 Å². The van der Waals surface area contributed by atoms with Crippen LogP contribution in [0.25, 0.3) is 0 Å². The summed E-state index contributed by atoms with van der Waals surface area (Å²) in [7, 11) is 0. The van der Waals surface area contributed by atoms with Gasteiger partial charge in [-0.05, 0) is 18.4 Å². The molecule has 0 amide bonds. The maximum atomic E-state index is 4.24. The number of hydrogen-bond acceptors (Lipinski definition) is 3. The average molecular weight is 228 g/mol. The van der Waals surface area contributed by atoms with E-state index in [4.69, 9.17) is 0 Å². The van der Waals surface area contributed by atoms with Crippen LogP contribution in [0.15, 0.2) is 30.3 Å². The van der Waals surface area contributed by atoms with Crippen molar-refractivity contribution in [2.24, 2.45) is 0 Å². The molecule has 4 nitrogen and oxygen atoms in total. The van der Waals surface area contributed by atoms with Crippen LogP contribution in [0.4, 0.5) is 0 Å². The van der Waals surface area contributed by atoms with E-state index in [-0.39, 0.29) is 5.41 Å². The molecule has 1 fully saturated rings. The first-order chi connectivity index (χ1) is 8.42. The molecule has 1 aromatic heterocycles. The summed E-state index contributed by atoms with van der Waals surface area (Å²) < 4.78 is 0. The van der Waals surface area contributed by atoms with Crippen molar-refractivity contribution in [2.45, 2.75) is 37.5 Å². The van der Waals surface area contributed by atoms with E-state index in [0.717, 1.165) is 18.7 Å². The minimum absolute atomic E-state index is 0.0213. The minimum atomic E-state index is -0.0213. The predicted octanol–water partition coefficient (Wildman–Crippen LogP) is 2.45. The van der Waals surface area contributed by atoms with Crippen molar-refractivity contribution < 1.29 is 0 Å². The largest absolute Gasteiger partial charge is 0.185 e. The van der Waals surface area contributed by atoms with Crippen LogP contribution in [0.3, 0.4) is 0 Å². The molecule has 3 rings (SSSR count). The number of hydrogen-bond donors (Lipinski definition) is 1. The van der Waals surface area contributed by atoms with E-state index in [9.17, 15) is 0 Å². The van der Waals surface area contributed by atoms with Gasteiger partial charge in [0.2, 0.25) is 0 Å². The van der Waals surface area contributed by atoms with Gasteiger partial charge in [0.25, 0.3) is 0 Å². The Hall–Kier alpha value is -1.71. The molecule has 0 radical (unpaired) electrons. The number of rotatable bonds is 2. The maximum Gasteiger partial charge on any atom is 0.185 e. The van der Waals surface area contributed by atoms with Crippen LogP contribution in [-0.4, -0.2) is 20.6 Å². The van der Waals surface area contributed by atoms with E-state index in [0.29, 0.717) is 0 Å². The molecular formula is C13H16N4. The summed E-state index contributed by atoms with van der Waals surface area (Å²) in [4.78, 5) is 0. The van der Waals surface area contributed by atoms with Crippen molar-refractivity contribution in [1.82, 2.24) is 20.6 Å². The van der Waals surface area contributed by atoms with Crippen molar-refractivity contribution in [3.05, 3.63) is 41.7 Å². The van der Waals surface area contributed by atoms with E-state index in [1.54, 1.807) is 0 Å². The number of aromatic nitrogens is 4. The van der Waals surface area contributed by atoms with E-state index in [1.807, 2.05) is 0 Å². The third-order valence-corrected chi connectivity index (χ3v) is 3.81. The van der Waals surface area contributed by atoms with Crippen LogP contribution in [0.1, 0.15) is 43.5 Å². The van der Waals surface area contributed by atoms with E-state index < -0.39 is 0 Å². The van der Waals surface area contributed by atoms with Gasteiger partial charge in [-0.1, -0.05) is 54.8 Å². The Morgan fingerprint density at radius 1 is 1.00 bits per heavy atom. The number of H-pyrrole nitrogens is 1. The normalized spacial score (nSPS) is 19.1. The van der Waals surface area contributed by atoms with Crippen LogP contribution < -0.4 is 0 Å². The zero-order valence-corrected chi connectivity index (χ0v) is 9.76. The van der Waals surface area contributed by atoms with Crippen molar-refractivity contribution in [2.75, 3.05) is 0 Å². The lowest BCUT2D eigenvalue weighted by Crippen LogP contribution is -2.31. The number of benzene rings is 1. The second-order valence-corrected chi connectivity index (χ2v) is 4.74. The highest BCUT2D eigenvalue weighted by atomic mass is 15.5. The molecular weight excluding hydrogens is 212 g/mol. The summed E-state index contributed by atoms with van der Waals surface area (Å²) in [6, 6.07) is 10.6. The Balaban J connectivity index is 2.08. The smallest absolute Gasteiger partial charge is 0.177 e. The molecule has 1 aliphatic carbocycles. The van der Waals surface area contributed by atoms with Gasteiger partial charge in [-0.3, -0.25) is 0 Å². The highest BCUT2D eigenvalue weighted by Crippen LogP contribution is 2.42. The fourth-order valence-corrected chi connectivity index (χ4v) is 2.92. The van der Waals surface area contributed by atoms with Gasteiger partial charge < -0.3 is 0 Å². The van der Waals surface area contributed by atoms with Crippen LogP contribution in [-0.2, 0) is 5.41 Å². The van der Waals surface area contributed by atoms with Gasteiger partial charge in [0, 0.05) is 0 Å². The molecule has 1 saturated carbocycles. The van der Waals surface area contributed by atoms with Gasteiger partial charge in [-0.2, -0.15) is 5.21 Å². The Bertz CT molecular complexity index is 457. The van der Waals surface area contributed by atoms with E-state index >= 15 is 0 Å². The highest BCUT2D eigenvalue weighted by molar-refractivity contribution is 5.32. The van der Waals surface area contributed by atoms with Gasteiger partial charge in [-0.15, -0.1) is 10.2 Å². The maximum absolute atomic E-state index is 4.24. The van der Waals surface area contributed by atoms with Crippen LogP contribution in [0.2, 0.25) is 0 Å². The first-order valence-corrected chi connectivity index (χ1v) is 6.21. The van der Waals surface area contributed by atoms with Gasteiger partial charge in [0.05, 0.1) is 5.41 Å². The number of nitrogens with one attached hydrogen (secondary N) is 1. The van der Waals surface area contributed by atoms with Gasteiger partial charge >= 0.3 is 0 Å². The quantitative estimate of drug-likeness (QED) is 0.859. The zero-order valence-electron chi connectivity index (χ0n) is 9.76. The molecule has 1 aliphatic rings. The molecule has 1 aromatic carbocycles. The van der Waals surface area contributed by atoms with Gasteiger partial charge in [-0.25, -0.2) is 0 Å². The van der Waals surface area contributed by atoms with Crippen LogP contribution in [0, 0.1) is 0 Å². The number of aromatic amines is 1. The number of nitrogens with zero attached hydrogens (tertiary/aromatic N) is 3. The van der Waals surface area contributed by atoms with E-state index in [2.05, 4.69) is 51.0 Å². The van der Waals surface area contributed by atoms with E-state index in [1.165, 1.54) is 24.8 Å². The topological polar surface area (TPSA) is 54.5 Å². The lowest BCUT2D eigenvalue weighted by Gasteiger charge is -2.34. The monoisotopic (exact) mass is 228 g/mol. The molecule has 1 heterocycles. The Kier molecular flexibility index (Phi) is 2.63. The lowest BCUT2D eigenvalue weighted by atomic mass is 9.69. The molecule has 0 bridgehead atoms. The molecule has 1 N–H and O–H groups in total. The molecule has 0 unspecified atom stereocenters. The summed E-state index contributed by atoms with van der Waals surface area (Å²) in [6.07, 6.45) is 6.03. The fourth-order valence-electron chi connectivity index (χ4n) is 2.92. The summed E-state index contributed by atoms with van der Waals surface area (Å²) in [5, 5.41) is 14.8. The first kappa shape index (κ1) is 10.4. The van der Waals surface area contributed by atoms with Crippen LogP contribution in [0.5, 0.6) is 0 Å². The molecule has 0 aliphatic heterocycles. The molecule has 0 atom stereocenters. The van der Waals surface area contributed by atoms with Crippen molar-refractivity contribution >= 4 is 0 Å². The predicted molar refractivity (Wildman–Crippen MR) is 64.5 cm³/mol. The Morgan fingerprint density at radius 2 is 1.76 bits per heavy atom. The van der Waals surface area contributed by atoms with Gasteiger partial charge in [0.1, 0.15) is 0 Å². The Morgan fingerprint density at radius 3 is 2.41 bits per heavy atom. The lowest BCUT2D eigenvalue weighted by molar-refractivity contribution is 0.330. The fraction of sp³-hybridized carbons (Fsp3) is 0.462. The number of tetrazole rings is 1. The van der Waals surface area contributed by atoms with Crippen molar-refractivity contribution in [3.63, 3.8) is 0 Å². The second kappa shape index (κ2) is 4.28. The summed E-state index contributed by atoms with van der Waals surface area (Å²) in [5.74, 6) is 0.850. The molecule has 0 saturated heterocycles. The second-order valence-electron chi connectivity index (χ2n) is 4.74. The Labute approximate surface area is 100 Å². The highest BCUT2D eigenvalue weighted by Gasteiger charge is 2.39. The molecule has 17 heavy (non-hydrogen) atoms. The van der Waals surface area contributed by atoms with Gasteiger partial charge in [0.15, 0.2) is 5.82 Å². The average Bonchev–Trinajstić information content (AvgIpc) is 2.95. The molecule has 0 spiro atoms. The summed E-state index contributed by atoms with van der Waals surface area (Å²) in [5.41, 5.74) is 1.30. The third kappa shape index (κ3) is 1.73. The first-order valence-electron chi connectivity index (χ1n) is 6.21. The molecule has 2 aromatic rings. The zero-order chi connectivity index (χ0) is 11.6.